The Morgan fingerprint density at radius 3 is 2.56 bits per heavy atom. The smallest absolute Gasteiger partial charge is 0.101 e. The maximum atomic E-state index is 5.60. The van der Waals surface area contributed by atoms with E-state index in [4.69, 9.17) is 4.74 Å². The Hall–Kier alpha value is -0.100. The van der Waals surface area contributed by atoms with E-state index in [0.717, 1.165) is 18.8 Å². The van der Waals surface area contributed by atoms with Crippen LogP contribution in [-0.2, 0) is 17.9 Å². The summed E-state index contributed by atoms with van der Waals surface area (Å²) >= 11 is 2.32. The average molecular weight is 336 g/mol. The third kappa shape index (κ3) is 4.82. The lowest BCUT2D eigenvalue weighted by Crippen LogP contribution is -2.06. The van der Waals surface area contributed by atoms with E-state index < -0.39 is 0 Å². The summed E-state index contributed by atoms with van der Waals surface area (Å²) in [5.74, 6) is 1.20. The Bertz CT molecular complexity index is 321. The molecule has 1 aromatic heterocycles. The van der Waals surface area contributed by atoms with Crippen molar-refractivity contribution in [2.45, 2.75) is 40.8 Å². The number of halogens is 1. The molecule has 0 atom stereocenters. The molecule has 0 fully saturated rings. The summed E-state index contributed by atoms with van der Waals surface area (Å²) in [6.45, 7) is 11.1. The van der Waals surface area contributed by atoms with Crippen molar-refractivity contribution in [1.29, 1.82) is 0 Å². The van der Waals surface area contributed by atoms with E-state index >= 15 is 0 Å². The van der Waals surface area contributed by atoms with Gasteiger partial charge in [-0.25, -0.2) is 0 Å². The summed E-state index contributed by atoms with van der Waals surface area (Å²) in [6, 6.07) is 0. The Balaban J connectivity index is 2.50. The monoisotopic (exact) mass is 336 g/mol. The maximum Gasteiger partial charge on any atom is 0.101 e. The minimum atomic E-state index is 0.579. The zero-order chi connectivity index (χ0) is 12.1. The fourth-order valence-corrected chi connectivity index (χ4v) is 1.98. The SMILES string of the molecule is CC(C)COCc1nn(CC(C)C)cc1I. The summed E-state index contributed by atoms with van der Waals surface area (Å²) in [5.41, 5.74) is 1.06. The number of ether oxygens (including phenoxy) is 1. The molecule has 1 heterocycles. The fourth-order valence-electron chi connectivity index (χ4n) is 1.39. The van der Waals surface area contributed by atoms with Crippen LogP contribution in [0.2, 0.25) is 0 Å². The van der Waals surface area contributed by atoms with Crippen molar-refractivity contribution < 1.29 is 4.74 Å². The Kier molecular flexibility index (Phi) is 5.75. The fraction of sp³-hybridized carbons (Fsp3) is 0.750. The van der Waals surface area contributed by atoms with Crippen LogP contribution in [0.1, 0.15) is 33.4 Å². The average Bonchev–Trinajstić information content (AvgIpc) is 2.45. The number of nitrogens with zero attached hydrogens (tertiary/aromatic N) is 2. The second-order valence-electron chi connectivity index (χ2n) is 4.95. The van der Waals surface area contributed by atoms with Crippen molar-refractivity contribution >= 4 is 22.6 Å². The second-order valence-corrected chi connectivity index (χ2v) is 6.11. The van der Waals surface area contributed by atoms with Crippen molar-refractivity contribution in [2.24, 2.45) is 11.8 Å². The van der Waals surface area contributed by atoms with Gasteiger partial charge in [-0.1, -0.05) is 27.7 Å². The number of aromatic nitrogens is 2. The minimum Gasteiger partial charge on any atom is -0.375 e. The zero-order valence-electron chi connectivity index (χ0n) is 10.5. The van der Waals surface area contributed by atoms with Crippen LogP contribution in [0, 0.1) is 15.4 Å². The molecule has 3 nitrogen and oxygen atoms in total. The van der Waals surface area contributed by atoms with Crippen LogP contribution in [0.4, 0.5) is 0 Å². The largest absolute Gasteiger partial charge is 0.375 e. The molecule has 0 amide bonds. The van der Waals surface area contributed by atoms with E-state index in [0.29, 0.717) is 18.4 Å². The molecule has 0 aliphatic heterocycles. The molecule has 0 bridgehead atoms. The van der Waals surface area contributed by atoms with Gasteiger partial charge in [-0.05, 0) is 34.4 Å². The van der Waals surface area contributed by atoms with Gasteiger partial charge in [0.15, 0.2) is 0 Å². The van der Waals surface area contributed by atoms with Crippen LogP contribution < -0.4 is 0 Å². The summed E-state index contributed by atoms with van der Waals surface area (Å²) in [6.07, 6.45) is 2.09. The van der Waals surface area contributed by atoms with Gasteiger partial charge in [0.05, 0.1) is 10.2 Å². The van der Waals surface area contributed by atoms with Gasteiger partial charge in [-0.2, -0.15) is 5.10 Å². The topological polar surface area (TPSA) is 27.1 Å². The van der Waals surface area contributed by atoms with Gasteiger partial charge in [0.1, 0.15) is 5.69 Å². The molecule has 92 valence electrons. The lowest BCUT2D eigenvalue weighted by molar-refractivity contribution is 0.0939. The summed E-state index contributed by atoms with van der Waals surface area (Å²) in [7, 11) is 0. The first-order valence-electron chi connectivity index (χ1n) is 5.78. The van der Waals surface area contributed by atoms with Gasteiger partial charge < -0.3 is 4.74 Å². The molecule has 0 saturated heterocycles. The molecule has 4 heteroatoms. The maximum absolute atomic E-state index is 5.60. The van der Waals surface area contributed by atoms with Gasteiger partial charge in [0.25, 0.3) is 0 Å². The van der Waals surface area contributed by atoms with E-state index in [1.165, 1.54) is 3.57 Å². The molecule has 0 radical (unpaired) electrons. The molecule has 16 heavy (non-hydrogen) atoms. The first kappa shape index (κ1) is 14.0. The van der Waals surface area contributed by atoms with Gasteiger partial charge in [-0.15, -0.1) is 0 Å². The molecule has 0 saturated carbocycles. The molecular formula is C12H21IN2O. The van der Waals surface area contributed by atoms with Crippen molar-refractivity contribution in [3.63, 3.8) is 0 Å². The molecule has 0 aromatic carbocycles. The second kappa shape index (κ2) is 6.59. The van der Waals surface area contributed by atoms with Gasteiger partial charge >= 0.3 is 0 Å². The lowest BCUT2D eigenvalue weighted by atomic mass is 10.2. The highest BCUT2D eigenvalue weighted by molar-refractivity contribution is 14.1. The number of rotatable bonds is 6. The molecule has 1 aromatic rings. The highest BCUT2D eigenvalue weighted by Gasteiger charge is 2.07. The van der Waals surface area contributed by atoms with Crippen LogP contribution >= 0.6 is 22.6 Å². The van der Waals surface area contributed by atoms with Gasteiger partial charge in [0.2, 0.25) is 0 Å². The van der Waals surface area contributed by atoms with Crippen LogP contribution in [0.15, 0.2) is 6.20 Å². The highest BCUT2D eigenvalue weighted by atomic mass is 127. The number of hydrogen-bond acceptors (Lipinski definition) is 2. The van der Waals surface area contributed by atoms with Crippen molar-refractivity contribution in [3.8, 4) is 0 Å². The van der Waals surface area contributed by atoms with Crippen LogP contribution in [0.25, 0.3) is 0 Å². The summed E-state index contributed by atoms with van der Waals surface area (Å²) < 4.78 is 8.81. The predicted octanol–water partition coefficient (Wildman–Crippen LogP) is 3.32. The Labute approximate surface area is 112 Å². The number of hydrogen-bond donors (Lipinski definition) is 0. The zero-order valence-corrected chi connectivity index (χ0v) is 12.7. The van der Waals surface area contributed by atoms with Crippen molar-refractivity contribution in [2.75, 3.05) is 6.61 Å². The standard InChI is InChI=1S/C12H21IN2O/c1-9(2)5-15-6-11(13)12(14-15)8-16-7-10(3)4/h6,9-10H,5,7-8H2,1-4H3. The van der Waals surface area contributed by atoms with E-state index in [1.807, 2.05) is 4.68 Å². The molecule has 0 unspecified atom stereocenters. The van der Waals surface area contributed by atoms with Gasteiger partial charge in [0, 0.05) is 19.3 Å². The van der Waals surface area contributed by atoms with Crippen LogP contribution in [0.5, 0.6) is 0 Å². The predicted molar refractivity (Wildman–Crippen MR) is 74.3 cm³/mol. The lowest BCUT2D eigenvalue weighted by Gasteiger charge is -2.05. The normalized spacial score (nSPS) is 11.7. The van der Waals surface area contributed by atoms with Crippen LogP contribution in [0.3, 0.4) is 0 Å². The van der Waals surface area contributed by atoms with Crippen molar-refractivity contribution in [3.05, 3.63) is 15.5 Å². The molecule has 0 N–H and O–H groups in total. The van der Waals surface area contributed by atoms with E-state index in [9.17, 15) is 0 Å². The quantitative estimate of drug-likeness (QED) is 0.745. The molecule has 1 rings (SSSR count). The summed E-state index contributed by atoms with van der Waals surface area (Å²) in [5, 5.41) is 4.53. The van der Waals surface area contributed by atoms with Crippen LogP contribution in [-0.4, -0.2) is 16.4 Å². The minimum absolute atomic E-state index is 0.579. The molecule has 0 aliphatic rings. The van der Waals surface area contributed by atoms with Gasteiger partial charge in [-0.3, -0.25) is 4.68 Å². The third-order valence-corrected chi connectivity index (χ3v) is 2.93. The van der Waals surface area contributed by atoms with E-state index in [2.05, 4.69) is 61.6 Å². The Morgan fingerprint density at radius 2 is 2.00 bits per heavy atom. The first-order valence-corrected chi connectivity index (χ1v) is 6.86. The molecule has 0 aliphatic carbocycles. The highest BCUT2D eigenvalue weighted by Crippen LogP contribution is 2.13. The van der Waals surface area contributed by atoms with E-state index in [1.54, 1.807) is 0 Å². The van der Waals surface area contributed by atoms with Crippen molar-refractivity contribution in [1.82, 2.24) is 9.78 Å². The molecular weight excluding hydrogens is 315 g/mol. The first-order chi connectivity index (χ1) is 7.49. The summed E-state index contributed by atoms with van der Waals surface area (Å²) in [4.78, 5) is 0. The molecule has 0 spiro atoms. The van der Waals surface area contributed by atoms with E-state index in [-0.39, 0.29) is 0 Å². The third-order valence-electron chi connectivity index (χ3n) is 2.03. The Morgan fingerprint density at radius 1 is 1.31 bits per heavy atom.